The number of alkyl halides is 1. The number of rotatable bonds is 3. The molecule has 1 aromatic carbocycles. The molecule has 0 saturated heterocycles. The Balaban J connectivity index is 1.73. The number of nitrogens with two attached hydrogens (primary N) is 1. The number of aryl methyl sites for hydroxylation is 1. The fraction of sp³-hybridized carbons (Fsp3) is 0.222. The van der Waals surface area contributed by atoms with E-state index in [0.29, 0.717) is 17.0 Å². The minimum absolute atomic E-state index is 0.269. The molecule has 3 aromatic rings. The van der Waals surface area contributed by atoms with Crippen molar-refractivity contribution >= 4 is 28.3 Å². The molecular formula is C18H16FN5O. The van der Waals surface area contributed by atoms with E-state index in [1.54, 1.807) is 18.5 Å². The van der Waals surface area contributed by atoms with Crippen molar-refractivity contribution < 1.29 is 9.18 Å². The second-order valence-corrected chi connectivity index (χ2v) is 6.27. The van der Waals surface area contributed by atoms with Crippen LogP contribution in [0.5, 0.6) is 0 Å². The predicted molar refractivity (Wildman–Crippen MR) is 93.6 cm³/mol. The van der Waals surface area contributed by atoms with Crippen LogP contribution in [0.15, 0.2) is 36.7 Å². The number of nitrogens with one attached hydrogen (secondary N) is 1. The number of nitrogen functional groups attached to an aromatic ring is 1. The summed E-state index contributed by atoms with van der Waals surface area (Å²) < 4.78 is 13.0. The first kappa shape index (κ1) is 15.4. The van der Waals surface area contributed by atoms with Crippen LogP contribution in [-0.4, -0.2) is 27.3 Å². The molecule has 0 bridgehead atoms. The number of amides is 1. The highest BCUT2D eigenvalue weighted by molar-refractivity contribution is 5.98. The molecular weight excluding hydrogens is 321 g/mol. The smallest absolute Gasteiger partial charge is 0.231 e. The van der Waals surface area contributed by atoms with Gasteiger partial charge in [-0.2, -0.15) is 0 Å². The summed E-state index contributed by atoms with van der Waals surface area (Å²) in [5.74, 6) is -0.650. The molecule has 0 aliphatic heterocycles. The summed E-state index contributed by atoms with van der Waals surface area (Å²) >= 11 is 0. The van der Waals surface area contributed by atoms with Gasteiger partial charge in [-0.3, -0.25) is 9.78 Å². The first-order valence-electron chi connectivity index (χ1n) is 7.96. The van der Waals surface area contributed by atoms with Gasteiger partial charge >= 0.3 is 0 Å². The van der Waals surface area contributed by atoms with Gasteiger partial charge in [0.05, 0.1) is 11.6 Å². The van der Waals surface area contributed by atoms with E-state index in [4.69, 9.17) is 5.73 Å². The molecule has 25 heavy (non-hydrogen) atoms. The van der Waals surface area contributed by atoms with Crippen LogP contribution in [0.1, 0.15) is 12.0 Å². The molecule has 7 heteroatoms. The molecule has 126 valence electrons. The standard InChI is InChI=1S/C18H16FN5O/c1-9-8-21-3-2-12(9)10-4-11-6-16(22-18(25)13-7-14(13)19)23-24-17(11)15(20)5-10/h2-6,8,13-14H,7,20H2,1H3,(H,22,23,25)/t13-,14+/m0/s1. The van der Waals surface area contributed by atoms with E-state index in [-0.39, 0.29) is 12.3 Å². The van der Waals surface area contributed by atoms with Crippen molar-refractivity contribution in [2.75, 3.05) is 11.1 Å². The van der Waals surface area contributed by atoms with E-state index in [9.17, 15) is 9.18 Å². The number of benzene rings is 1. The normalized spacial score (nSPS) is 19.0. The van der Waals surface area contributed by atoms with E-state index in [2.05, 4.69) is 20.5 Å². The summed E-state index contributed by atoms with van der Waals surface area (Å²) in [4.78, 5) is 16.0. The van der Waals surface area contributed by atoms with Crippen molar-refractivity contribution in [3.63, 3.8) is 0 Å². The van der Waals surface area contributed by atoms with Gasteiger partial charge in [0.15, 0.2) is 5.82 Å². The minimum Gasteiger partial charge on any atom is -0.397 e. The predicted octanol–water partition coefficient (Wildman–Crippen LogP) is 2.88. The molecule has 2 heterocycles. The number of halogens is 1. The van der Waals surface area contributed by atoms with Gasteiger partial charge in [0.2, 0.25) is 5.91 Å². The van der Waals surface area contributed by atoms with Crippen molar-refractivity contribution in [2.45, 2.75) is 19.5 Å². The van der Waals surface area contributed by atoms with Gasteiger partial charge in [-0.15, -0.1) is 10.2 Å². The zero-order valence-corrected chi connectivity index (χ0v) is 13.5. The lowest BCUT2D eigenvalue weighted by molar-refractivity contribution is -0.117. The third kappa shape index (κ3) is 2.88. The second-order valence-electron chi connectivity index (χ2n) is 6.27. The minimum atomic E-state index is -1.05. The lowest BCUT2D eigenvalue weighted by atomic mass is 10.00. The third-order valence-corrected chi connectivity index (χ3v) is 4.35. The number of hydrogen-bond donors (Lipinski definition) is 2. The maximum atomic E-state index is 13.0. The molecule has 4 rings (SSSR count). The van der Waals surface area contributed by atoms with Gasteiger partial charge in [0, 0.05) is 17.8 Å². The van der Waals surface area contributed by atoms with Crippen LogP contribution >= 0.6 is 0 Å². The van der Waals surface area contributed by atoms with Crippen molar-refractivity contribution in [3.05, 3.63) is 42.2 Å². The molecule has 0 unspecified atom stereocenters. The van der Waals surface area contributed by atoms with E-state index in [0.717, 1.165) is 22.1 Å². The fourth-order valence-electron chi connectivity index (χ4n) is 2.85. The van der Waals surface area contributed by atoms with Crippen molar-refractivity contribution in [1.29, 1.82) is 0 Å². The second kappa shape index (κ2) is 5.77. The maximum absolute atomic E-state index is 13.0. The molecule has 2 aromatic heterocycles. The van der Waals surface area contributed by atoms with Crippen LogP contribution in [0.3, 0.4) is 0 Å². The number of anilines is 2. The van der Waals surface area contributed by atoms with E-state index < -0.39 is 12.1 Å². The van der Waals surface area contributed by atoms with Gasteiger partial charge in [-0.1, -0.05) is 0 Å². The topological polar surface area (TPSA) is 93.8 Å². The summed E-state index contributed by atoms with van der Waals surface area (Å²) in [6.45, 7) is 1.97. The molecule has 1 fully saturated rings. The van der Waals surface area contributed by atoms with Crippen LogP contribution < -0.4 is 11.1 Å². The molecule has 0 spiro atoms. The SMILES string of the molecule is Cc1cnccc1-c1cc(N)c2nnc(NC(=O)[C@H]3C[C@H]3F)cc2c1. The van der Waals surface area contributed by atoms with Crippen molar-refractivity contribution in [1.82, 2.24) is 15.2 Å². The van der Waals surface area contributed by atoms with Crippen LogP contribution in [0.4, 0.5) is 15.9 Å². The number of pyridine rings is 1. The first-order valence-corrected chi connectivity index (χ1v) is 7.96. The van der Waals surface area contributed by atoms with Crippen molar-refractivity contribution in [2.24, 2.45) is 5.92 Å². The number of aromatic nitrogens is 3. The van der Waals surface area contributed by atoms with Gasteiger partial charge < -0.3 is 11.1 Å². The molecule has 1 aliphatic carbocycles. The molecule has 1 aliphatic rings. The Bertz CT molecular complexity index is 990. The Morgan fingerprint density at radius 3 is 2.84 bits per heavy atom. The quantitative estimate of drug-likeness (QED) is 0.717. The van der Waals surface area contributed by atoms with Crippen LogP contribution in [0, 0.1) is 12.8 Å². The Hall–Kier alpha value is -3.09. The summed E-state index contributed by atoms with van der Waals surface area (Å²) in [7, 11) is 0. The molecule has 1 saturated carbocycles. The van der Waals surface area contributed by atoms with E-state index in [1.165, 1.54) is 0 Å². The molecule has 2 atom stereocenters. The lowest BCUT2D eigenvalue weighted by Crippen LogP contribution is -2.16. The fourth-order valence-corrected chi connectivity index (χ4v) is 2.85. The van der Waals surface area contributed by atoms with Gasteiger partial charge in [0.25, 0.3) is 0 Å². The average molecular weight is 337 g/mol. The van der Waals surface area contributed by atoms with Crippen LogP contribution in [0.2, 0.25) is 0 Å². The Morgan fingerprint density at radius 1 is 1.32 bits per heavy atom. The molecule has 1 amide bonds. The molecule has 3 N–H and O–H groups in total. The number of carbonyl (C=O) groups excluding carboxylic acids is 1. The zero-order valence-electron chi connectivity index (χ0n) is 13.5. The highest BCUT2D eigenvalue weighted by atomic mass is 19.1. The largest absolute Gasteiger partial charge is 0.397 e. The van der Waals surface area contributed by atoms with Crippen molar-refractivity contribution in [3.8, 4) is 11.1 Å². The van der Waals surface area contributed by atoms with Crippen LogP contribution in [-0.2, 0) is 4.79 Å². The Labute approximate surface area is 143 Å². The lowest BCUT2D eigenvalue weighted by Gasteiger charge is -2.10. The monoisotopic (exact) mass is 337 g/mol. The van der Waals surface area contributed by atoms with E-state index in [1.807, 2.05) is 25.1 Å². The van der Waals surface area contributed by atoms with Gasteiger partial charge in [0.1, 0.15) is 11.7 Å². The maximum Gasteiger partial charge on any atom is 0.231 e. The zero-order chi connectivity index (χ0) is 17.6. The Morgan fingerprint density at radius 2 is 2.12 bits per heavy atom. The number of fused-ring (bicyclic) bond motifs is 1. The van der Waals surface area contributed by atoms with Gasteiger partial charge in [-0.25, -0.2) is 4.39 Å². The summed E-state index contributed by atoms with van der Waals surface area (Å²) in [5, 5.41) is 11.4. The highest BCUT2D eigenvalue weighted by Crippen LogP contribution is 2.35. The Kier molecular flexibility index (Phi) is 3.56. The number of carbonyl (C=O) groups is 1. The highest BCUT2D eigenvalue weighted by Gasteiger charge is 2.43. The number of hydrogen-bond acceptors (Lipinski definition) is 5. The van der Waals surface area contributed by atoms with E-state index >= 15 is 0 Å². The summed E-state index contributed by atoms with van der Waals surface area (Å²) in [6.07, 6.45) is 2.73. The first-order chi connectivity index (χ1) is 12.0. The number of nitrogens with zero attached hydrogens (tertiary/aromatic N) is 3. The van der Waals surface area contributed by atoms with Crippen LogP contribution in [0.25, 0.3) is 22.0 Å². The molecule has 6 nitrogen and oxygen atoms in total. The summed E-state index contributed by atoms with van der Waals surface area (Å²) in [6, 6.07) is 7.40. The molecule has 0 radical (unpaired) electrons. The average Bonchev–Trinajstić information content (AvgIpc) is 3.32. The van der Waals surface area contributed by atoms with Gasteiger partial charge in [-0.05, 0) is 54.3 Å². The summed E-state index contributed by atoms with van der Waals surface area (Å²) in [5.41, 5.74) is 10.2. The third-order valence-electron chi connectivity index (χ3n) is 4.35.